The van der Waals surface area contributed by atoms with E-state index in [0.717, 1.165) is 18.5 Å². The highest BCUT2D eigenvalue weighted by molar-refractivity contribution is 6.01. The van der Waals surface area contributed by atoms with Crippen LogP contribution < -0.4 is 10.1 Å². The van der Waals surface area contributed by atoms with Crippen LogP contribution in [0.5, 0.6) is 11.5 Å². The highest BCUT2D eigenvalue weighted by atomic mass is 19.2. The lowest BCUT2D eigenvalue weighted by molar-refractivity contribution is -0.131. The van der Waals surface area contributed by atoms with Crippen molar-refractivity contribution in [2.45, 2.75) is 18.9 Å². The molecule has 1 aliphatic rings. The van der Waals surface area contributed by atoms with Gasteiger partial charge in [-0.2, -0.15) is 0 Å². The number of amides is 2. The third-order valence-corrected chi connectivity index (χ3v) is 4.76. The highest BCUT2D eigenvalue weighted by Crippen LogP contribution is 2.33. The maximum atomic E-state index is 13.5. The SMILES string of the molecule is CN1C(=O)CCC1C(=O)Nc1cc(Oc2ccc(F)c(F)c2)ccc1-c1nnco1. The zero-order valence-electron chi connectivity index (χ0n) is 15.8. The van der Waals surface area contributed by atoms with E-state index in [1.807, 2.05) is 0 Å². The summed E-state index contributed by atoms with van der Waals surface area (Å²) in [6, 6.07) is 7.18. The predicted molar refractivity (Wildman–Crippen MR) is 101 cm³/mol. The fourth-order valence-electron chi connectivity index (χ4n) is 3.17. The van der Waals surface area contributed by atoms with Gasteiger partial charge in [0.25, 0.3) is 0 Å². The van der Waals surface area contributed by atoms with Crippen LogP contribution in [0.15, 0.2) is 47.2 Å². The number of carbonyl (C=O) groups excluding carboxylic acids is 2. The summed E-state index contributed by atoms with van der Waals surface area (Å²) in [6.07, 6.45) is 1.85. The molecule has 8 nitrogen and oxygen atoms in total. The third-order valence-electron chi connectivity index (χ3n) is 4.76. The summed E-state index contributed by atoms with van der Waals surface area (Å²) in [7, 11) is 1.57. The van der Waals surface area contributed by atoms with Crippen LogP contribution in [0.3, 0.4) is 0 Å². The summed E-state index contributed by atoms with van der Waals surface area (Å²) >= 11 is 0. The number of nitrogens with one attached hydrogen (secondary N) is 1. The summed E-state index contributed by atoms with van der Waals surface area (Å²) in [5.41, 5.74) is 0.738. The Bertz CT molecular complexity index is 1100. The molecule has 0 saturated carbocycles. The Morgan fingerprint density at radius 3 is 2.63 bits per heavy atom. The number of likely N-dealkylation sites (tertiary alicyclic amines) is 1. The Hall–Kier alpha value is -3.82. The number of anilines is 1. The predicted octanol–water partition coefficient (Wildman–Crippen LogP) is 3.37. The standard InChI is InChI=1S/C20H16F2N4O4/c1-26-17(6-7-18(26)27)19(28)24-16-9-12(2-4-13(16)20-25-23-10-29-20)30-11-3-5-14(21)15(22)8-11/h2-5,8-10,17H,6-7H2,1H3,(H,24,28). The van der Waals surface area contributed by atoms with Gasteiger partial charge in [-0.3, -0.25) is 9.59 Å². The van der Waals surface area contributed by atoms with Crippen LogP contribution in [0.2, 0.25) is 0 Å². The molecular formula is C20H16F2N4O4. The van der Waals surface area contributed by atoms with Crippen LogP contribution >= 0.6 is 0 Å². The molecule has 2 amide bonds. The van der Waals surface area contributed by atoms with Crippen LogP contribution in [-0.2, 0) is 9.59 Å². The molecule has 4 rings (SSSR count). The van der Waals surface area contributed by atoms with Crippen molar-refractivity contribution in [2.75, 3.05) is 12.4 Å². The normalized spacial score (nSPS) is 16.0. The minimum absolute atomic E-state index is 0.0813. The largest absolute Gasteiger partial charge is 0.457 e. The van der Waals surface area contributed by atoms with Crippen LogP contribution in [0.4, 0.5) is 14.5 Å². The highest BCUT2D eigenvalue weighted by Gasteiger charge is 2.33. The number of hydrogen-bond acceptors (Lipinski definition) is 6. The van der Waals surface area contributed by atoms with Gasteiger partial charge in [0, 0.05) is 25.6 Å². The van der Waals surface area contributed by atoms with Crippen molar-refractivity contribution in [3.63, 3.8) is 0 Å². The molecule has 1 atom stereocenters. The van der Waals surface area contributed by atoms with E-state index < -0.39 is 17.7 Å². The lowest BCUT2D eigenvalue weighted by Gasteiger charge is -2.20. The van der Waals surface area contributed by atoms with E-state index >= 15 is 0 Å². The number of nitrogens with zero attached hydrogens (tertiary/aromatic N) is 3. The van der Waals surface area contributed by atoms with Crippen molar-refractivity contribution >= 4 is 17.5 Å². The molecule has 30 heavy (non-hydrogen) atoms. The number of likely N-dealkylation sites (N-methyl/N-ethyl adjacent to an activating group) is 1. The second-order valence-electron chi connectivity index (χ2n) is 6.68. The van der Waals surface area contributed by atoms with Crippen LogP contribution in [0.1, 0.15) is 12.8 Å². The number of carbonyl (C=O) groups is 2. The average molecular weight is 414 g/mol. The Balaban J connectivity index is 1.63. The molecule has 0 aliphatic carbocycles. The second-order valence-corrected chi connectivity index (χ2v) is 6.68. The number of benzene rings is 2. The molecule has 1 aromatic heterocycles. The van der Waals surface area contributed by atoms with Crippen LogP contribution in [-0.4, -0.2) is 40.0 Å². The molecule has 10 heteroatoms. The molecule has 1 fully saturated rings. The maximum absolute atomic E-state index is 13.5. The molecule has 0 bridgehead atoms. The molecule has 0 radical (unpaired) electrons. The first kappa shape index (κ1) is 19.5. The zero-order chi connectivity index (χ0) is 21.3. The molecule has 1 saturated heterocycles. The average Bonchev–Trinajstić information content (AvgIpc) is 3.36. The fraction of sp³-hybridized carbons (Fsp3) is 0.200. The van der Waals surface area contributed by atoms with E-state index in [2.05, 4.69) is 15.5 Å². The zero-order valence-corrected chi connectivity index (χ0v) is 15.8. The topological polar surface area (TPSA) is 97.6 Å². The molecule has 2 aromatic carbocycles. The van der Waals surface area contributed by atoms with E-state index in [4.69, 9.17) is 9.15 Å². The molecule has 1 unspecified atom stereocenters. The summed E-state index contributed by atoms with van der Waals surface area (Å²) < 4.78 is 37.4. The number of halogens is 2. The van der Waals surface area contributed by atoms with Crippen molar-refractivity contribution in [1.29, 1.82) is 0 Å². The van der Waals surface area contributed by atoms with Gasteiger partial charge in [0.1, 0.15) is 17.5 Å². The minimum Gasteiger partial charge on any atom is -0.457 e. The lowest BCUT2D eigenvalue weighted by atomic mass is 10.1. The van der Waals surface area contributed by atoms with Gasteiger partial charge in [-0.05, 0) is 30.7 Å². The molecular weight excluding hydrogens is 398 g/mol. The molecule has 2 heterocycles. The lowest BCUT2D eigenvalue weighted by Crippen LogP contribution is -2.39. The van der Waals surface area contributed by atoms with E-state index in [-0.39, 0.29) is 29.2 Å². The van der Waals surface area contributed by atoms with Gasteiger partial charge in [0.05, 0.1) is 11.3 Å². The Morgan fingerprint density at radius 1 is 1.20 bits per heavy atom. The van der Waals surface area contributed by atoms with Gasteiger partial charge in [-0.25, -0.2) is 8.78 Å². The first-order valence-electron chi connectivity index (χ1n) is 9.02. The summed E-state index contributed by atoms with van der Waals surface area (Å²) in [5.74, 6) is -2.01. The van der Waals surface area contributed by atoms with Gasteiger partial charge in [-0.1, -0.05) is 0 Å². The second kappa shape index (κ2) is 7.90. The van der Waals surface area contributed by atoms with E-state index in [1.54, 1.807) is 19.2 Å². The number of ether oxygens (including phenoxy) is 1. The Labute approximate surface area is 169 Å². The summed E-state index contributed by atoms with van der Waals surface area (Å²) in [5, 5.41) is 10.2. The maximum Gasteiger partial charge on any atom is 0.249 e. The van der Waals surface area contributed by atoms with E-state index in [1.165, 1.54) is 17.0 Å². The van der Waals surface area contributed by atoms with Crippen molar-refractivity contribution in [1.82, 2.24) is 15.1 Å². The molecule has 3 aromatic rings. The van der Waals surface area contributed by atoms with Crippen molar-refractivity contribution in [3.05, 3.63) is 54.4 Å². The Morgan fingerprint density at radius 2 is 1.97 bits per heavy atom. The molecule has 154 valence electrons. The molecule has 1 aliphatic heterocycles. The minimum atomic E-state index is -1.04. The van der Waals surface area contributed by atoms with Gasteiger partial charge >= 0.3 is 0 Å². The Kier molecular flexibility index (Phi) is 5.13. The number of hydrogen-bond donors (Lipinski definition) is 1. The molecule has 1 N–H and O–H groups in total. The van der Waals surface area contributed by atoms with Crippen LogP contribution in [0.25, 0.3) is 11.5 Å². The van der Waals surface area contributed by atoms with Gasteiger partial charge in [0.2, 0.25) is 24.1 Å². The van der Waals surface area contributed by atoms with Crippen molar-refractivity contribution in [3.8, 4) is 23.0 Å². The van der Waals surface area contributed by atoms with E-state index in [9.17, 15) is 18.4 Å². The number of aromatic nitrogens is 2. The quantitative estimate of drug-likeness (QED) is 0.688. The first-order chi connectivity index (χ1) is 14.4. The third kappa shape index (κ3) is 3.84. The fourth-order valence-corrected chi connectivity index (χ4v) is 3.17. The van der Waals surface area contributed by atoms with Gasteiger partial charge in [0.15, 0.2) is 11.6 Å². The van der Waals surface area contributed by atoms with Gasteiger partial charge in [-0.15, -0.1) is 10.2 Å². The monoisotopic (exact) mass is 414 g/mol. The van der Waals surface area contributed by atoms with Gasteiger partial charge < -0.3 is 19.4 Å². The molecule has 0 spiro atoms. The smallest absolute Gasteiger partial charge is 0.249 e. The van der Waals surface area contributed by atoms with E-state index in [0.29, 0.717) is 24.1 Å². The first-order valence-corrected chi connectivity index (χ1v) is 9.02. The summed E-state index contributed by atoms with van der Waals surface area (Å²) in [4.78, 5) is 25.9. The van der Waals surface area contributed by atoms with Crippen molar-refractivity contribution in [2.24, 2.45) is 0 Å². The summed E-state index contributed by atoms with van der Waals surface area (Å²) in [6.45, 7) is 0. The number of rotatable bonds is 5. The van der Waals surface area contributed by atoms with Crippen molar-refractivity contribution < 1.29 is 27.5 Å². The van der Waals surface area contributed by atoms with Crippen LogP contribution in [0, 0.1) is 11.6 Å².